The normalized spacial score (nSPS) is 23.4. The van der Waals surface area contributed by atoms with Crippen LogP contribution < -0.4 is 0 Å². The number of rotatable bonds is 4. The second-order valence-corrected chi connectivity index (χ2v) is 11.6. The molecule has 0 spiro atoms. The summed E-state index contributed by atoms with van der Waals surface area (Å²) in [6, 6.07) is 17.9. The lowest BCUT2D eigenvalue weighted by Gasteiger charge is -2.36. The standard InChI is InChI=1S/C26H32N4S2/c1-19-3-7-21(8-4-19)15-23-17-27-25(31-23)29-11-13-30(14-12-29)26-28-18-24(32-26)16-22-9-5-20(2)6-10-22/h3-10,23-24H,11-18H2,1-2H3. The van der Waals surface area contributed by atoms with Crippen LogP contribution in [0, 0.1) is 13.8 Å². The third-order valence-electron chi connectivity index (χ3n) is 6.39. The summed E-state index contributed by atoms with van der Waals surface area (Å²) in [6.45, 7) is 10.4. The summed E-state index contributed by atoms with van der Waals surface area (Å²) >= 11 is 3.95. The summed E-state index contributed by atoms with van der Waals surface area (Å²) < 4.78 is 0. The fourth-order valence-electron chi connectivity index (χ4n) is 4.43. The number of nitrogens with zero attached hydrogens (tertiary/aromatic N) is 4. The van der Waals surface area contributed by atoms with Crippen molar-refractivity contribution in [1.29, 1.82) is 0 Å². The third-order valence-corrected chi connectivity index (χ3v) is 8.89. The molecule has 1 fully saturated rings. The Morgan fingerprint density at radius 1 is 0.656 bits per heavy atom. The monoisotopic (exact) mass is 464 g/mol. The Morgan fingerprint density at radius 3 is 1.41 bits per heavy atom. The molecule has 4 nitrogen and oxygen atoms in total. The molecule has 3 aliphatic heterocycles. The zero-order valence-electron chi connectivity index (χ0n) is 19.0. The lowest BCUT2D eigenvalue weighted by Crippen LogP contribution is -2.49. The maximum atomic E-state index is 4.89. The number of aliphatic imine (C=N–C) groups is 2. The van der Waals surface area contributed by atoms with E-state index in [0.717, 1.165) is 52.1 Å². The summed E-state index contributed by atoms with van der Waals surface area (Å²) in [6.07, 6.45) is 2.21. The van der Waals surface area contributed by atoms with Crippen LogP contribution in [-0.2, 0) is 12.8 Å². The molecule has 168 valence electrons. The first kappa shape index (κ1) is 21.9. The van der Waals surface area contributed by atoms with E-state index in [1.54, 1.807) is 0 Å². The topological polar surface area (TPSA) is 31.2 Å². The van der Waals surface area contributed by atoms with Crippen LogP contribution in [0.2, 0.25) is 0 Å². The van der Waals surface area contributed by atoms with Crippen molar-refractivity contribution in [2.75, 3.05) is 39.3 Å². The van der Waals surface area contributed by atoms with E-state index >= 15 is 0 Å². The van der Waals surface area contributed by atoms with Gasteiger partial charge in [-0.25, -0.2) is 0 Å². The molecule has 3 aliphatic rings. The van der Waals surface area contributed by atoms with Crippen LogP contribution in [0.25, 0.3) is 0 Å². The van der Waals surface area contributed by atoms with Crippen molar-refractivity contribution in [2.45, 2.75) is 37.2 Å². The Kier molecular flexibility index (Phi) is 6.79. The molecule has 0 aromatic heterocycles. The van der Waals surface area contributed by atoms with E-state index in [1.165, 1.54) is 32.6 Å². The summed E-state index contributed by atoms with van der Waals surface area (Å²) in [4.78, 5) is 14.8. The Labute approximate surface area is 200 Å². The van der Waals surface area contributed by atoms with Crippen molar-refractivity contribution >= 4 is 33.9 Å². The first-order valence-electron chi connectivity index (χ1n) is 11.7. The Bertz CT molecular complexity index is 894. The van der Waals surface area contributed by atoms with Crippen molar-refractivity contribution in [3.63, 3.8) is 0 Å². The number of thioether (sulfide) groups is 2. The smallest absolute Gasteiger partial charge is 0.159 e. The van der Waals surface area contributed by atoms with Crippen molar-refractivity contribution in [3.05, 3.63) is 70.8 Å². The van der Waals surface area contributed by atoms with E-state index in [9.17, 15) is 0 Å². The van der Waals surface area contributed by atoms with Gasteiger partial charge in [-0.3, -0.25) is 9.98 Å². The molecule has 2 aromatic rings. The molecule has 6 heteroatoms. The average Bonchev–Trinajstić information content (AvgIpc) is 3.47. The lowest BCUT2D eigenvalue weighted by molar-refractivity contribution is 0.265. The van der Waals surface area contributed by atoms with Gasteiger partial charge in [0, 0.05) is 36.7 Å². The maximum Gasteiger partial charge on any atom is 0.159 e. The zero-order valence-corrected chi connectivity index (χ0v) is 20.7. The van der Waals surface area contributed by atoms with Gasteiger partial charge < -0.3 is 9.80 Å². The minimum atomic E-state index is 0.572. The molecular weight excluding hydrogens is 432 g/mol. The molecule has 1 saturated heterocycles. The molecule has 0 radical (unpaired) electrons. The molecule has 0 amide bonds. The van der Waals surface area contributed by atoms with Crippen molar-refractivity contribution < 1.29 is 0 Å². The molecule has 0 N–H and O–H groups in total. The lowest BCUT2D eigenvalue weighted by atomic mass is 10.1. The van der Waals surface area contributed by atoms with Gasteiger partial charge in [-0.1, -0.05) is 83.2 Å². The van der Waals surface area contributed by atoms with Gasteiger partial charge in [0.1, 0.15) is 0 Å². The summed E-state index contributed by atoms with van der Waals surface area (Å²) in [5.74, 6) is 0. The van der Waals surface area contributed by atoms with Gasteiger partial charge in [0.15, 0.2) is 10.3 Å². The summed E-state index contributed by atoms with van der Waals surface area (Å²) in [5, 5.41) is 3.64. The fraction of sp³-hybridized carbons (Fsp3) is 0.462. The van der Waals surface area contributed by atoms with Crippen molar-refractivity contribution in [2.24, 2.45) is 9.98 Å². The van der Waals surface area contributed by atoms with E-state index in [-0.39, 0.29) is 0 Å². The number of hydrogen-bond acceptors (Lipinski definition) is 6. The van der Waals surface area contributed by atoms with Gasteiger partial charge in [0.25, 0.3) is 0 Å². The molecule has 0 bridgehead atoms. The van der Waals surface area contributed by atoms with Gasteiger partial charge in [-0.15, -0.1) is 0 Å². The van der Waals surface area contributed by atoms with Gasteiger partial charge in [-0.05, 0) is 37.8 Å². The minimum absolute atomic E-state index is 0.572. The highest BCUT2D eigenvalue weighted by molar-refractivity contribution is 8.14. The highest BCUT2D eigenvalue weighted by Gasteiger charge is 2.30. The first-order valence-corrected chi connectivity index (χ1v) is 13.4. The second kappa shape index (κ2) is 9.92. The average molecular weight is 465 g/mol. The Hall–Kier alpha value is -1.92. The third kappa shape index (κ3) is 5.34. The minimum Gasteiger partial charge on any atom is -0.348 e. The van der Waals surface area contributed by atoms with Crippen molar-refractivity contribution in [3.8, 4) is 0 Å². The quantitative estimate of drug-likeness (QED) is 0.659. The molecular formula is C26H32N4S2. The van der Waals surface area contributed by atoms with Gasteiger partial charge in [0.2, 0.25) is 0 Å². The Morgan fingerprint density at radius 2 is 1.03 bits per heavy atom. The van der Waals surface area contributed by atoms with Crippen molar-refractivity contribution in [1.82, 2.24) is 9.80 Å². The van der Waals surface area contributed by atoms with E-state index in [0.29, 0.717) is 10.5 Å². The van der Waals surface area contributed by atoms with Crippen LogP contribution in [0.15, 0.2) is 58.5 Å². The highest BCUT2D eigenvalue weighted by atomic mass is 32.2. The fourth-order valence-corrected chi connectivity index (χ4v) is 6.84. The first-order chi connectivity index (χ1) is 15.6. The predicted octanol–water partition coefficient (Wildman–Crippen LogP) is 4.65. The summed E-state index contributed by atoms with van der Waals surface area (Å²) in [5.41, 5.74) is 5.50. The number of piperazine rings is 1. The molecule has 5 rings (SSSR count). The van der Waals surface area contributed by atoms with E-state index in [1.807, 2.05) is 23.5 Å². The highest BCUT2D eigenvalue weighted by Crippen LogP contribution is 2.30. The number of aryl methyl sites for hydroxylation is 2. The van der Waals surface area contributed by atoms with E-state index < -0.39 is 0 Å². The van der Waals surface area contributed by atoms with E-state index in [2.05, 4.69) is 72.2 Å². The number of amidine groups is 2. The van der Waals surface area contributed by atoms with Gasteiger partial charge >= 0.3 is 0 Å². The van der Waals surface area contributed by atoms with Gasteiger partial charge in [0.05, 0.1) is 13.1 Å². The predicted molar refractivity (Wildman–Crippen MR) is 140 cm³/mol. The van der Waals surface area contributed by atoms with Crippen LogP contribution in [0.4, 0.5) is 0 Å². The Balaban J connectivity index is 1.06. The SMILES string of the molecule is Cc1ccc(CC2CN=C(N3CCN(C4=NCC(Cc5ccc(C)cc5)S4)CC3)S2)cc1. The van der Waals surface area contributed by atoms with Crippen LogP contribution >= 0.6 is 23.5 Å². The van der Waals surface area contributed by atoms with Crippen LogP contribution in [0.3, 0.4) is 0 Å². The van der Waals surface area contributed by atoms with E-state index in [4.69, 9.17) is 9.98 Å². The zero-order chi connectivity index (χ0) is 21.9. The maximum absolute atomic E-state index is 4.89. The molecule has 2 atom stereocenters. The number of hydrogen-bond donors (Lipinski definition) is 0. The largest absolute Gasteiger partial charge is 0.348 e. The second-order valence-electron chi connectivity index (χ2n) is 9.08. The molecule has 3 heterocycles. The molecule has 0 saturated carbocycles. The molecule has 0 aliphatic carbocycles. The van der Waals surface area contributed by atoms with Crippen LogP contribution in [-0.4, -0.2) is 69.9 Å². The molecule has 2 unspecified atom stereocenters. The van der Waals surface area contributed by atoms with Gasteiger partial charge in [-0.2, -0.15) is 0 Å². The number of benzene rings is 2. The van der Waals surface area contributed by atoms with Crippen LogP contribution in [0.5, 0.6) is 0 Å². The molecule has 32 heavy (non-hydrogen) atoms. The van der Waals surface area contributed by atoms with Crippen LogP contribution in [0.1, 0.15) is 22.3 Å². The summed E-state index contributed by atoms with van der Waals surface area (Å²) in [7, 11) is 0. The molecule has 2 aromatic carbocycles.